The highest BCUT2D eigenvalue weighted by molar-refractivity contribution is 7.17. The molecule has 1 atom stereocenters. The molecule has 0 saturated carbocycles. The number of rotatable bonds is 7. The van der Waals surface area contributed by atoms with Crippen molar-refractivity contribution in [3.05, 3.63) is 51.4 Å². The fourth-order valence-corrected chi connectivity index (χ4v) is 5.75. The minimum Gasteiger partial charge on any atom is -0.454 e. The average Bonchev–Trinajstić information content (AvgIpc) is 3.28. The number of imide groups is 1. The average molecular weight is 484 g/mol. The summed E-state index contributed by atoms with van der Waals surface area (Å²) in [4.78, 5) is 65.0. The summed E-state index contributed by atoms with van der Waals surface area (Å²) in [5, 5.41) is 2.98. The van der Waals surface area contributed by atoms with Gasteiger partial charge in [0.25, 0.3) is 23.6 Å². The van der Waals surface area contributed by atoms with Crippen LogP contribution in [0.2, 0.25) is 0 Å². The van der Waals surface area contributed by atoms with Crippen molar-refractivity contribution in [2.75, 3.05) is 11.9 Å². The summed E-state index contributed by atoms with van der Waals surface area (Å²) in [6, 6.07) is 5.16. The SMILES string of the molecule is CC(C)[C@@H](C(=O)OCC(=O)Nc1sc2c(c1C(N)=O)CCCC2)N1C(=O)c2ccccc2C1=O. The zero-order chi connectivity index (χ0) is 24.6. The molecule has 178 valence electrons. The molecule has 1 aromatic heterocycles. The van der Waals surface area contributed by atoms with Crippen molar-refractivity contribution in [3.8, 4) is 0 Å². The first-order chi connectivity index (χ1) is 16.2. The van der Waals surface area contributed by atoms with E-state index in [-0.39, 0.29) is 11.1 Å². The Morgan fingerprint density at radius 1 is 1.09 bits per heavy atom. The van der Waals surface area contributed by atoms with E-state index in [2.05, 4.69) is 5.32 Å². The van der Waals surface area contributed by atoms with E-state index in [1.165, 1.54) is 23.5 Å². The number of hydrogen-bond donors (Lipinski definition) is 2. The van der Waals surface area contributed by atoms with E-state index in [1.807, 2.05) is 0 Å². The van der Waals surface area contributed by atoms with E-state index in [9.17, 15) is 24.0 Å². The Morgan fingerprint density at radius 2 is 1.71 bits per heavy atom. The Labute approximate surface area is 200 Å². The van der Waals surface area contributed by atoms with Crippen molar-refractivity contribution in [2.24, 2.45) is 11.7 Å². The van der Waals surface area contributed by atoms with Crippen LogP contribution in [0.25, 0.3) is 0 Å². The van der Waals surface area contributed by atoms with Crippen LogP contribution in [0.15, 0.2) is 24.3 Å². The second-order valence-corrected chi connectivity index (χ2v) is 9.76. The number of primary amides is 1. The standard InChI is InChI=1S/C24H25N3O6S/c1-12(2)19(27-22(30)13-7-3-4-8-14(13)23(27)31)24(32)33-11-17(28)26-21-18(20(25)29)15-9-5-6-10-16(15)34-21/h3-4,7-8,12,19H,5-6,9-11H2,1-2H3,(H2,25,29)(H,26,28)/t19-/m0/s1. The number of aryl methyl sites for hydroxylation is 1. The first-order valence-corrected chi connectivity index (χ1v) is 11.9. The van der Waals surface area contributed by atoms with Gasteiger partial charge in [-0.2, -0.15) is 0 Å². The monoisotopic (exact) mass is 483 g/mol. The summed E-state index contributed by atoms with van der Waals surface area (Å²) in [5.41, 5.74) is 7.19. The normalized spacial score (nSPS) is 15.7. The lowest BCUT2D eigenvalue weighted by molar-refractivity contribution is -0.152. The Kier molecular flexibility index (Phi) is 6.52. The van der Waals surface area contributed by atoms with E-state index in [1.54, 1.807) is 26.0 Å². The fourth-order valence-electron chi connectivity index (χ4n) is 4.44. The number of carbonyl (C=O) groups excluding carboxylic acids is 5. The lowest BCUT2D eigenvalue weighted by Crippen LogP contribution is -2.49. The van der Waals surface area contributed by atoms with Gasteiger partial charge in [0, 0.05) is 4.88 Å². The zero-order valence-corrected chi connectivity index (χ0v) is 19.7. The van der Waals surface area contributed by atoms with Crippen LogP contribution in [0.4, 0.5) is 5.00 Å². The van der Waals surface area contributed by atoms with E-state index in [0.29, 0.717) is 10.6 Å². The minimum absolute atomic E-state index is 0.226. The number of nitrogens with zero attached hydrogens (tertiary/aromatic N) is 1. The molecule has 1 aromatic carbocycles. The number of esters is 1. The number of carbonyl (C=O) groups is 5. The molecule has 2 aliphatic rings. The molecule has 34 heavy (non-hydrogen) atoms. The quantitative estimate of drug-likeness (QED) is 0.459. The van der Waals surface area contributed by atoms with Gasteiger partial charge in [0.15, 0.2) is 6.61 Å². The molecule has 0 radical (unpaired) electrons. The first-order valence-electron chi connectivity index (χ1n) is 11.1. The van der Waals surface area contributed by atoms with Crippen LogP contribution in [0.3, 0.4) is 0 Å². The highest BCUT2D eigenvalue weighted by Crippen LogP contribution is 2.38. The zero-order valence-electron chi connectivity index (χ0n) is 18.9. The van der Waals surface area contributed by atoms with Gasteiger partial charge in [0.2, 0.25) is 0 Å². The maximum absolute atomic E-state index is 12.9. The molecule has 0 spiro atoms. The van der Waals surface area contributed by atoms with E-state index in [4.69, 9.17) is 10.5 Å². The van der Waals surface area contributed by atoms with Crippen LogP contribution >= 0.6 is 11.3 Å². The molecule has 0 unspecified atom stereocenters. The number of amides is 4. The van der Waals surface area contributed by atoms with Crippen LogP contribution < -0.4 is 11.1 Å². The molecule has 0 saturated heterocycles. The Bertz CT molecular complexity index is 1170. The van der Waals surface area contributed by atoms with Gasteiger partial charge < -0.3 is 15.8 Å². The molecule has 0 bridgehead atoms. The van der Waals surface area contributed by atoms with Gasteiger partial charge in [-0.25, -0.2) is 4.79 Å². The number of hydrogen-bond acceptors (Lipinski definition) is 7. The molecule has 2 heterocycles. The van der Waals surface area contributed by atoms with Crippen molar-refractivity contribution in [2.45, 2.75) is 45.6 Å². The molecular formula is C24H25N3O6S. The third-order valence-electron chi connectivity index (χ3n) is 5.99. The van der Waals surface area contributed by atoms with Crippen LogP contribution in [-0.4, -0.2) is 47.1 Å². The van der Waals surface area contributed by atoms with Crippen LogP contribution in [0, 0.1) is 5.92 Å². The van der Waals surface area contributed by atoms with Crippen LogP contribution in [0.5, 0.6) is 0 Å². The maximum atomic E-state index is 12.9. The maximum Gasteiger partial charge on any atom is 0.330 e. The number of fused-ring (bicyclic) bond motifs is 2. The van der Waals surface area contributed by atoms with E-state index < -0.39 is 48.2 Å². The molecule has 3 N–H and O–H groups in total. The summed E-state index contributed by atoms with van der Waals surface area (Å²) in [5.74, 6) is -3.70. The molecular weight excluding hydrogens is 458 g/mol. The third kappa shape index (κ3) is 4.21. The molecule has 1 aliphatic carbocycles. The van der Waals surface area contributed by atoms with E-state index >= 15 is 0 Å². The van der Waals surface area contributed by atoms with Crippen molar-refractivity contribution < 1.29 is 28.7 Å². The number of ether oxygens (including phenoxy) is 1. The lowest BCUT2D eigenvalue weighted by atomic mass is 9.95. The van der Waals surface area contributed by atoms with Gasteiger partial charge in [-0.15, -0.1) is 11.3 Å². The third-order valence-corrected chi connectivity index (χ3v) is 7.20. The number of benzene rings is 1. The van der Waals surface area contributed by atoms with Crippen molar-refractivity contribution >= 4 is 45.9 Å². The van der Waals surface area contributed by atoms with Gasteiger partial charge in [-0.05, 0) is 49.3 Å². The summed E-state index contributed by atoms with van der Waals surface area (Å²) in [6.45, 7) is 2.74. The van der Waals surface area contributed by atoms with Crippen molar-refractivity contribution in [1.29, 1.82) is 0 Å². The highest BCUT2D eigenvalue weighted by atomic mass is 32.1. The summed E-state index contributed by atoms with van der Waals surface area (Å²) in [7, 11) is 0. The van der Waals surface area contributed by atoms with E-state index in [0.717, 1.165) is 41.0 Å². The second-order valence-electron chi connectivity index (χ2n) is 8.65. The Balaban J connectivity index is 1.45. The number of anilines is 1. The van der Waals surface area contributed by atoms with Crippen molar-refractivity contribution in [1.82, 2.24) is 4.90 Å². The molecule has 0 fully saturated rings. The number of nitrogens with one attached hydrogen (secondary N) is 1. The fraction of sp³-hybridized carbons (Fsp3) is 0.375. The van der Waals surface area contributed by atoms with Crippen molar-refractivity contribution in [3.63, 3.8) is 0 Å². The molecule has 1 aliphatic heterocycles. The Hall–Kier alpha value is -3.53. The molecule has 4 rings (SSSR count). The smallest absolute Gasteiger partial charge is 0.330 e. The highest BCUT2D eigenvalue weighted by Gasteiger charge is 2.44. The summed E-state index contributed by atoms with van der Waals surface area (Å²) >= 11 is 1.31. The van der Waals surface area contributed by atoms with Crippen LogP contribution in [-0.2, 0) is 27.2 Å². The molecule has 4 amide bonds. The van der Waals surface area contributed by atoms with Gasteiger partial charge >= 0.3 is 5.97 Å². The first kappa shape index (κ1) is 23.6. The lowest BCUT2D eigenvalue weighted by Gasteiger charge is -2.27. The van der Waals surface area contributed by atoms with Gasteiger partial charge in [0.05, 0.1) is 16.7 Å². The minimum atomic E-state index is -1.18. The van der Waals surface area contributed by atoms with Gasteiger partial charge in [-0.3, -0.25) is 24.1 Å². The number of nitrogens with two attached hydrogens (primary N) is 1. The predicted molar refractivity (Wildman–Crippen MR) is 125 cm³/mol. The van der Waals surface area contributed by atoms with Crippen LogP contribution in [0.1, 0.15) is 68.2 Å². The molecule has 10 heteroatoms. The van der Waals surface area contributed by atoms with Gasteiger partial charge in [0.1, 0.15) is 11.0 Å². The summed E-state index contributed by atoms with van der Waals surface area (Å²) < 4.78 is 5.20. The van der Waals surface area contributed by atoms with Gasteiger partial charge in [-0.1, -0.05) is 26.0 Å². The second kappa shape index (κ2) is 9.38. The predicted octanol–water partition coefficient (Wildman–Crippen LogP) is 2.53. The summed E-state index contributed by atoms with van der Waals surface area (Å²) in [6.07, 6.45) is 3.50. The molecule has 9 nitrogen and oxygen atoms in total. The Morgan fingerprint density at radius 3 is 2.29 bits per heavy atom. The largest absolute Gasteiger partial charge is 0.454 e. The molecule has 2 aromatic rings. The topological polar surface area (TPSA) is 136 Å². The number of thiophene rings is 1.